The summed E-state index contributed by atoms with van der Waals surface area (Å²) in [5.41, 5.74) is 1.49. The van der Waals surface area contributed by atoms with E-state index in [0.717, 1.165) is 18.4 Å². The molecule has 0 saturated carbocycles. The van der Waals surface area contributed by atoms with Crippen molar-refractivity contribution in [2.24, 2.45) is 0 Å². The zero-order valence-electron chi connectivity index (χ0n) is 12.2. The highest BCUT2D eigenvalue weighted by Crippen LogP contribution is 2.38. The Balaban J connectivity index is 2.04. The van der Waals surface area contributed by atoms with Gasteiger partial charge >= 0.3 is 0 Å². The van der Waals surface area contributed by atoms with E-state index in [1.807, 2.05) is 24.4 Å². The minimum atomic E-state index is -3.59. The molecule has 0 N–H and O–H groups in total. The van der Waals surface area contributed by atoms with Crippen LogP contribution in [0, 0.1) is 11.3 Å². The fourth-order valence-electron chi connectivity index (χ4n) is 2.95. The summed E-state index contributed by atoms with van der Waals surface area (Å²) in [6.07, 6.45) is 1.49. The Bertz CT molecular complexity index is 834. The maximum absolute atomic E-state index is 13.0. The van der Waals surface area contributed by atoms with Crippen LogP contribution in [-0.4, -0.2) is 19.3 Å². The number of rotatable bonds is 3. The molecule has 0 radical (unpaired) electrons. The maximum Gasteiger partial charge on any atom is 0.243 e. The quantitative estimate of drug-likeness (QED) is 0.866. The number of hydrogen-bond acceptors (Lipinski definition) is 4. The molecule has 0 unspecified atom stereocenters. The Hall–Kier alpha value is -1.68. The van der Waals surface area contributed by atoms with Gasteiger partial charge in [-0.2, -0.15) is 9.57 Å². The zero-order valence-corrected chi connectivity index (χ0v) is 13.8. The van der Waals surface area contributed by atoms with Crippen LogP contribution in [0.25, 0.3) is 0 Å². The number of thiophene rings is 1. The van der Waals surface area contributed by atoms with Gasteiger partial charge in [0.1, 0.15) is 0 Å². The third-order valence-electron chi connectivity index (χ3n) is 4.00. The topological polar surface area (TPSA) is 61.2 Å². The molecule has 0 bridgehead atoms. The summed E-state index contributed by atoms with van der Waals surface area (Å²) >= 11 is 1.69. The number of benzene rings is 1. The number of fused-ring (bicyclic) bond motifs is 1. The molecule has 1 aliphatic rings. The molecule has 2 heterocycles. The summed E-state index contributed by atoms with van der Waals surface area (Å²) in [5.74, 6) is 0. The van der Waals surface area contributed by atoms with E-state index in [0.29, 0.717) is 12.1 Å². The lowest BCUT2D eigenvalue weighted by molar-refractivity contribution is 0.303. The molecule has 0 fully saturated rings. The first-order valence-corrected chi connectivity index (χ1v) is 9.48. The van der Waals surface area contributed by atoms with E-state index in [-0.39, 0.29) is 10.9 Å². The van der Waals surface area contributed by atoms with Gasteiger partial charge in [0.25, 0.3) is 0 Å². The standard InChI is InChI=1S/C16H16N2O2S2/c1-2-15-14-7-9-21-16(14)6-8-18(15)22(19,20)13-5-3-4-12(10-13)11-17/h3-5,7,9-10,15H,2,6,8H2,1H3/t15-/m0/s1. The van der Waals surface area contributed by atoms with Gasteiger partial charge in [-0.15, -0.1) is 11.3 Å². The molecule has 1 atom stereocenters. The van der Waals surface area contributed by atoms with Crippen LogP contribution in [0.3, 0.4) is 0 Å². The lowest BCUT2D eigenvalue weighted by Gasteiger charge is -2.34. The van der Waals surface area contributed by atoms with Crippen molar-refractivity contribution in [3.63, 3.8) is 0 Å². The van der Waals surface area contributed by atoms with Crippen LogP contribution in [0.2, 0.25) is 0 Å². The van der Waals surface area contributed by atoms with Gasteiger partial charge < -0.3 is 0 Å². The molecule has 1 aromatic carbocycles. The minimum absolute atomic E-state index is 0.120. The van der Waals surface area contributed by atoms with Gasteiger partial charge in [0.2, 0.25) is 10.0 Å². The number of sulfonamides is 1. The number of hydrogen-bond donors (Lipinski definition) is 0. The second kappa shape index (κ2) is 5.84. The number of nitrogens with zero attached hydrogens (tertiary/aromatic N) is 2. The van der Waals surface area contributed by atoms with E-state index in [2.05, 4.69) is 0 Å². The average Bonchev–Trinajstić information content (AvgIpc) is 3.02. The summed E-state index contributed by atoms with van der Waals surface area (Å²) < 4.78 is 27.5. The Kier molecular flexibility index (Phi) is 4.04. The van der Waals surface area contributed by atoms with Gasteiger partial charge in [0.15, 0.2) is 0 Å². The fraction of sp³-hybridized carbons (Fsp3) is 0.312. The number of nitriles is 1. The second-order valence-corrected chi connectivity index (χ2v) is 8.12. The van der Waals surface area contributed by atoms with Crippen molar-refractivity contribution in [2.75, 3.05) is 6.54 Å². The first-order chi connectivity index (χ1) is 10.6. The van der Waals surface area contributed by atoms with E-state index in [9.17, 15) is 8.42 Å². The molecule has 0 spiro atoms. The molecule has 6 heteroatoms. The SMILES string of the molecule is CC[C@H]1c2ccsc2CCN1S(=O)(=O)c1cccc(C#N)c1. The van der Waals surface area contributed by atoms with Gasteiger partial charge in [-0.25, -0.2) is 8.42 Å². The van der Waals surface area contributed by atoms with Gasteiger partial charge in [-0.05, 0) is 48.1 Å². The summed E-state index contributed by atoms with van der Waals surface area (Å²) in [6, 6.07) is 10.2. The average molecular weight is 332 g/mol. The highest BCUT2D eigenvalue weighted by atomic mass is 32.2. The summed E-state index contributed by atoms with van der Waals surface area (Å²) in [4.78, 5) is 1.48. The summed E-state index contributed by atoms with van der Waals surface area (Å²) in [7, 11) is -3.59. The van der Waals surface area contributed by atoms with Crippen LogP contribution in [0.1, 0.15) is 35.4 Å². The predicted octanol–water partition coefficient (Wildman–Crippen LogP) is 3.32. The van der Waals surface area contributed by atoms with E-state index >= 15 is 0 Å². The Labute approximate surface area is 134 Å². The van der Waals surface area contributed by atoms with E-state index in [1.165, 1.54) is 10.9 Å². The second-order valence-electron chi connectivity index (χ2n) is 5.23. The molecule has 0 amide bonds. The first-order valence-electron chi connectivity index (χ1n) is 7.16. The zero-order chi connectivity index (χ0) is 15.7. The van der Waals surface area contributed by atoms with Gasteiger partial charge in [-0.3, -0.25) is 0 Å². The van der Waals surface area contributed by atoms with E-state index in [1.54, 1.807) is 33.8 Å². The van der Waals surface area contributed by atoms with Crippen molar-refractivity contribution in [1.82, 2.24) is 4.31 Å². The third-order valence-corrected chi connectivity index (χ3v) is 6.90. The Morgan fingerprint density at radius 2 is 2.23 bits per heavy atom. The molecule has 0 saturated heterocycles. The lowest BCUT2D eigenvalue weighted by Crippen LogP contribution is -2.39. The van der Waals surface area contributed by atoms with Gasteiger partial charge in [0, 0.05) is 11.4 Å². The molecule has 114 valence electrons. The third kappa shape index (κ3) is 2.45. The summed E-state index contributed by atoms with van der Waals surface area (Å²) in [5, 5.41) is 11.0. The van der Waals surface area contributed by atoms with Crippen LogP contribution in [0.15, 0.2) is 40.6 Å². The van der Waals surface area contributed by atoms with Crippen molar-refractivity contribution >= 4 is 21.4 Å². The molecule has 2 aromatic rings. The smallest absolute Gasteiger partial charge is 0.207 e. The first kappa shape index (κ1) is 15.2. The Morgan fingerprint density at radius 3 is 2.95 bits per heavy atom. The van der Waals surface area contributed by atoms with E-state index < -0.39 is 10.0 Å². The molecular formula is C16H16N2O2S2. The summed E-state index contributed by atoms with van der Waals surface area (Å²) in [6.45, 7) is 2.50. The van der Waals surface area contributed by atoms with Crippen molar-refractivity contribution in [2.45, 2.75) is 30.7 Å². The van der Waals surface area contributed by atoms with Crippen molar-refractivity contribution in [3.05, 3.63) is 51.7 Å². The highest BCUT2D eigenvalue weighted by molar-refractivity contribution is 7.89. The molecular weight excluding hydrogens is 316 g/mol. The monoisotopic (exact) mass is 332 g/mol. The van der Waals surface area contributed by atoms with Gasteiger partial charge in [0.05, 0.1) is 22.6 Å². The molecule has 22 heavy (non-hydrogen) atoms. The van der Waals surface area contributed by atoms with Crippen LogP contribution in [0.5, 0.6) is 0 Å². The largest absolute Gasteiger partial charge is 0.243 e. The normalized spacial score (nSPS) is 18.6. The predicted molar refractivity (Wildman–Crippen MR) is 86.1 cm³/mol. The van der Waals surface area contributed by atoms with Crippen molar-refractivity contribution < 1.29 is 8.42 Å². The molecule has 1 aromatic heterocycles. The molecule has 4 nitrogen and oxygen atoms in total. The Morgan fingerprint density at radius 1 is 1.41 bits per heavy atom. The van der Waals surface area contributed by atoms with Crippen LogP contribution in [0.4, 0.5) is 0 Å². The highest BCUT2D eigenvalue weighted by Gasteiger charge is 2.35. The molecule has 3 rings (SSSR count). The van der Waals surface area contributed by atoms with Gasteiger partial charge in [-0.1, -0.05) is 13.0 Å². The van der Waals surface area contributed by atoms with Crippen LogP contribution in [-0.2, 0) is 16.4 Å². The van der Waals surface area contributed by atoms with Crippen molar-refractivity contribution in [1.29, 1.82) is 5.26 Å². The van der Waals surface area contributed by atoms with Crippen LogP contribution < -0.4 is 0 Å². The van der Waals surface area contributed by atoms with Crippen LogP contribution >= 0.6 is 11.3 Å². The lowest BCUT2D eigenvalue weighted by atomic mass is 10.0. The molecule has 1 aliphatic heterocycles. The maximum atomic E-state index is 13.0. The minimum Gasteiger partial charge on any atom is -0.207 e. The van der Waals surface area contributed by atoms with Crippen molar-refractivity contribution in [3.8, 4) is 6.07 Å². The fourth-order valence-corrected chi connectivity index (χ4v) is 5.60. The molecule has 0 aliphatic carbocycles. The van der Waals surface area contributed by atoms with E-state index in [4.69, 9.17) is 5.26 Å².